The fourth-order valence-electron chi connectivity index (χ4n) is 6.34. The summed E-state index contributed by atoms with van der Waals surface area (Å²) in [4.78, 5) is 45.6. The predicted molar refractivity (Wildman–Crippen MR) is 169 cm³/mol. The summed E-state index contributed by atoms with van der Waals surface area (Å²) >= 11 is 0. The van der Waals surface area contributed by atoms with Crippen LogP contribution in [0.25, 0.3) is 22.4 Å². The molecule has 46 heavy (non-hydrogen) atoms. The van der Waals surface area contributed by atoms with Crippen LogP contribution in [0.1, 0.15) is 61.1 Å². The number of aromatic nitrogens is 2. The lowest BCUT2D eigenvalue weighted by atomic mass is 9.97. The summed E-state index contributed by atoms with van der Waals surface area (Å²) in [6.45, 7) is 6.90. The average Bonchev–Trinajstić information content (AvgIpc) is 3.61. The summed E-state index contributed by atoms with van der Waals surface area (Å²) in [7, 11) is 0. The van der Waals surface area contributed by atoms with Crippen molar-refractivity contribution in [1.82, 2.24) is 20.2 Å². The van der Waals surface area contributed by atoms with Crippen LogP contribution in [0.4, 0.5) is 24.5 Å². The molecule has 3 atom stereocenters. The van der Waals surface area contributed by atoms with Gasteiger partial charge in [-0.15, -0.1) is 0 Å². The van der Waals surface area contributed by atoms with Crippen LogP contribution < -0.4 is 20.9 Å². The molecule has 9 nitrogen and oxygen atoms in total. The SMILES string of the molecule is CCC(C)[C@H]1C(=O)Nc2ccc(N3CCC(NC(C)=O)C3)cc2-c2nc3cc(C(=O)NCc4cccc(C(F)(F)F)c4)ccc3n21. The molecule has 12 heteroatoms. The number of benzene rings is 3. The van der Waals surface area contributed by atoms with E-state index in [2.05, 4.69) is 20.9 Å². The van der Waals surface area contributed by atoms with Gasteiger partial charge in [0.25, 0.3) is 5.91 Å². The Bertz CT molecular complexity index is 1830. The zero-order chi connectivity index (χ0) is 32.7. The fourth-order valence-corrected chi connectivity index (χ4v) is 6.34. The van der Waals surface area contributed by atoms with Crippen LogP contribution in [0.3, 0.4) is 0 Å². The first-order valence-electron chi connectivity index (χ1n) is 15.4. The van der Waals surface area contributed by atoms with E-state index in [1.165, 1.54) is 19.1 Å². The number of carbonyl (C=O) groups excluding carboxylic acids is 3. The number of alkyl halides is 3. The molecule has 4 aromatic rings. The van der Waals surface area contributed by atoms with Gasteiger partial charge in [-0.3, -0.25) is 14.4 Å². The molecular formula is C34H35F3N6O3. The number of rotatable bonds is 7. The number of nitrogens with zero attached hydrogens (tertiary/aromatic N) is 3. The standard InChI is InChI=1S/C34H35F3N6O3/c1-4-19(2)30-33(46)41-27-10-9-25(42-13-12-24(18-42)39-20(3)44)16-26(27)31-40-28-15-22(8-11-29(28)43(30)31)32(45)38-17-21-6-5-7-23(14-21)34(35,36)37/h5-11,14-16,19,24,30H,4,12-13,17-18H2,1-3H3,(H,38,45)(H,39,44)(H,41,46)/t19?,24?,30-/m0/s1. The van der Waals surface area contributed by atoms with Crippen LogP contribution in [-0.2, 0) is 22.3 Å². The second-order valence-corrected chi connectivity index (χ2v) is 12.1. The van der Waals surface area contributed by atoms with E-state index in [4.69, 9.17) is 4.98 Å². The van der Waals surface area contributed by atoms with Gasteiger partial charge in [0.1, 0.15) is 11.9 Å². The Morgan fingerprint density at radius 2 is 1.91 bits per heavy atom. The summed E-state index contributed by atoms with van der Waals surface area (Å²) in [5.74, 6) is -0.114. The number of fused-ring (bicyclic) bond motifs is 5. The Kier molecular flexibility index (Phi) is 8.22. The summed E-state index contributed by atoms with van der Waals surface area (Å²) in [6, 6.07) is 15.2. The lowest BCUT2D eigenvalue weighted by molar-refractivity contribution is -0.137. The number of amides is 3. The van der Waals surface area contributed by atoms with E-state index < -0.39 is 23.7 Å². The summed E-state index contributed by atoms with van der Waals surface area (Å²) in [5, 5.41) is 8.80. The van der Waals surface area contributed by atoms with Gasteiger partial charge in [-0.05, 0) is 66.4 Å². The molecule has 6 rings (SSSR count). The summed E-state index contributed by atoms with van der Waals surface area (Å²) in [5.41, 5.74) is 3.38. The molecule has 0 spiro atoms. The Labute approximate surface area is 264 Å². The van der Waals surface area contributed by atoms with Gasteiger partial charge < -0.3 is 25.4 Å². The van der Waals surface area contributed by atoms with Crippen molar-refractivity contribution in [3.8, 4) is 11.4 Å². The number of imidazole rings is 1. The van der Waals surface area contributed by atoms with Crippen LogP contribution in [0.2, 0.25) is 0 Å². The quantitative estimate of drug-likeness (QED) is 0.235. The van der Waals surface area contributed by atoms with Gasteiger partial charge in [-0.25, -0.2) is 4.98 Å². The van der Waals surface area contributed by atoms with E-state index in [1.807, 2.05) is 36.6 Å². The third kappa shape index (κ3) is 6.03. The van der Waals surface area contributed by atoms with Crippen molar-refractivity contribution in [3.05, 3.63) is 77.4 Å². The highest BCUT2D eigenvalue weighted by molar-refractivity contribution is 6.03. The minimum absolute atomic E-state index is 0.0302. The molecule has 240 valence electrons. The smallest absolute Gasteiger partial charge is 0.369 e. The van der Waals surface area contributed by atoms with Gasteiger partial charge in [0, 0.05) is 49.4 Å². The third-order valence-electron chi connectivity index (χ3n) is 8.85. The topological polar surface area (TPSA) is 108 Å². The predicted octanol–water partition coefficient (Wildman–Crippen LogP) is 5.91. The van der Waals surface area contributed by atoms with E-state index in [9.17, 15) is 27.6 Å². The van der Waals surface area contributed by atoms with Gasteiger partial charge in [0.05, 0.1) is 22.3 Å². The molecule has 0 saturated carbocycles. The van der Waals surface area contributed by atoms with Crippen LogP contribution in [-0.4, -0.2) is 46.4 Å². The number of carbonyl (C=O) groups is 3. The Morgan fingerprint density at radius 3 is 2.65 bits per heavy atom. The number of nitrogens with one attached hydrogen (secondary N) is 3. The average molecular weight is 633 g/mol. The van der Waals surface area contributed by atoms with Crippen molar-refractivity contribution in [2.24, 2.45) is 5.92 Å². The fraction of sp³-hybridized carbons (Fsp3) is 0.353. The highest BCUT2D eigenvalue weighted by Crippen LogP contribution is 2.41. The number of hydrogen-bond acceptors (Lipinski definition) is 5. The molecule has 2 unspecified atom stereocenters. The van der Waals surface area contributed by atoms with Crippen molar-refractivity contribution in [1.29, 1.82) is 0 Å². The van der Waals surface area contributed by atoms with Crippen LogP contribution in [0.5, 0.6) is 0 Å². The van der Waals surface area contributed by atoms with Crippen molar-refractivity contribution in [2.75, 3.05) is 23.3 Å². The van der Waals surface area contributed by atoms with E-state index in [0.29, 0.717) is 40.2 Å². The lowest BCUT2D eigenvalue weighted by Gasteiger charge is -2.23. The number of hydrogen-bond donors (Lipinski definition) is 3. The summed E-state index contributed by atoms with van der Waals surface area (Å²) < 4.78 is 41.4. The van der Waals surface area contributed by atoms with E-state index in [-0.39, 0.29) is 30.3 Å². The van der Waals surface area contributed by atoms with Crippen molar-refractivity contribution in [2.45, 2.75) is 58.4 Å². The maximum atomic E-state index is 13.7. The van der Waals surface area contributed by atoms with Crippen molar-refractivity contribution in [3.63, 3.8) is 0 Å². The number of halogens is 3. The first-order chi connectivity index (χ1) is 21.9. The minimum atomic E-state index is -4.48. The van der Waals surface area contributed by atoms with Gasteiger partial charge in [-0.1, -0.05) is 32.4 Å². The van der Waals surface area contributed by atoms with Crippen molar-refractivity contribution >= 4 is 40.1 Å². The zero-order valence-electron chi connectivity index (χ0n) is 25.7. The Hall–Kier alpha value is -4.87. The van der Waals surface area contributed by atoms with Gasteiger partial charge in [0.15, 0.2) is 0 Å². The molecule has 0 bridgehead atoms. The molecule has 1 aromatic heterocycles. The lowest BCUT2D eigenvalue weighted by Crippen LogP contribution is -2.35. The zero-order valence-corrected chi connectivity index (χ0v) is 25.7. The van der Waals surface area contributed by atoms with E-state index in [1.54, 1.807) is 18.2 Å². The van der Waals surface area contributed by atoms with Crippen LogP contribution in [0, 0.1) is 5.92 Å². The first kappa shape index (κ1) is 31.1. The van der Waals surface area contributed by atoms with Crippen molar-refractivity contribution < 1.29 is 27.6 Å². The van der Waals surface area contributed by atoms with Gasteiger partial charge >= 0.3 is 6.18 Å². The molecule has 2 aliphatic heterocycles. The highest BCUT2D eigenvalue weighted by Gasteiger charge is 2.35. The Balaban J connectivity index is 1.35. The molecule has 3 N–H and O–H groups in total. The second kappa shape index (κ2) is 12.1. The molecular weight excluding hydrogens is 597 g/mol. The van der Waals surface area contributed by atoms with Crippen LogP contribution >= 0.6 is 0 Å². The monoisotopic (exact) mass is 632 g/mol. The van der Waals surface area contributed by atoms with Gasteiger partial charge in [-0.2, -0.15) is 13.2 Å². The minimum Gasteiger partial charge on any atom is -0.369 e. The van der Waals surface area contributed by atoms with E-state index in [0.717, 1.165) is 42.8 Å². The molecule has 2 aliphatic rings. The Morgan fingerprint density at radius 1 is 1.11 bits per heavy atom. The van der Waals surface area contributed by atoms with Gasteiger partial charge in [0.2, 0.25) is 11.8 Å². The summed E-state index contributed by atoms with van der Waals surface area (Å²) in [6.07, 6.45) is -2.91. The normalized spacial score (nSPS) is 18.4. The second-order valence-electron chi connectivity index (χ2n) is 12.1. The molecule has 1 saturated heterocycles. The third-order valence-corrected chi connectivity index (χ3v) is 8.85. The molecule has 3 heterocycles. The number of anilines is 2. The molecule has 3 amide bonds. The molecule has 1 fully saturated rings. The maximum Gasteiger partial charge on any atom is 0.416 e. The largest absolute Gasteiger partial charge is 0.416 e. The highest BCUT2D eigenvalue weighted by atomic mass is 19.4. The van der Waals surface area contributed by atoms with Crippen LogP contribution in [0.15, 0.2) is 60.7 Å². The van der Waals surface area contributed by atoms with E-state index >= 15 is 0 Å². The molecule has 0 aliphatic carbocycles. The first-order valence-corrected chi connectivity index (χ1v) is 15.4. The molecule has 0 radical (unpaired) electrons. The maximum absolute atomic E-state index is 13.7. The molecule has 3 aromatic carbocycles.